The Morgan fingerprint density at radius 2 is 1.71 bits per heavy atom. The molecule has 0 heterocycles. The van der Waals surface area contributed by atoms with Crippen molar-refractivity contribution < 1.29 is 9.53 Å². The van der Waals surface area contributed by atoms with Crippen LogP contribution < -0.4 is 0 Å². The molecule has 4 atom stereocenters. The van der Waals surface area contributed by atoms with Gasteiger partial charge in [0.2, 0.25) is 0 Å². The maximum atomic E-state index is 11.4. The van der Waals surface area contributed by atoms with Crippen LogP contribution in [0.15, 0.2) is 0 Å². The second kappa shape index (κ2) is 3.73. The van der Waals surface area contributed by atoms with E-state index in [4.69, 9.17) is 4.74 Å². The van der Waals surface area contributed by atoms with Crippen LogP contribution in [0.5, 0.6) is 0 Å². The van der Waals surface area contributed by atoms with Gasteiger partial charge in [0.15, 0.2) is 0 Å². The van der Waals surface area contributed by atoms with Crippen LogP contribution in [0.1, 0.15) is 52.9 Å². The van der Waals surface area contributed by atoms with Gasteiger partial charge in [-0.25, -0.2) is 0 Å². The predicted molar refractivity (Wildman–Crippen MR) is 66.4 cm³/mol. The van der Waals surface area contributed by atoms with Gasteiger partial charge in [0, 0.05) is 6.92 Å². The summed E-state index contributed by atoms with van der Waals surface area (Å²) in [6.45, 7) is 5.99. The normalized spacial score (nSPS) is 47.5. The maximum Gasteiger partial charge on any atom is 0.303 e. The van der Waals surface area contributed by atoms with Gasteiger partial charge in [-0.3, -0.25) is 4.79 Å². The molecule has 0 aromatic rings. The van der Waals surface area contributed by atoms with E-state index >= 15 is 0 Å². The summed E-state index contributed by atoms with van der Waals surface area (Å²) in [7, 11) is 0. The van der Waals surface area contributed by atoms with Gasteiger partial charge in [-0.1, -0.05) is 13.8 Å². The number of carbonyl (C=O) groups is 1. The molecular formula is C15H24O2. The van der Waals surface area contributed by atoms with E-state index in [1.807, 2.05) is 0 Å². The van der Waals surface area contributed by atoms with Crippen molar-refractivity contribution in [2.24, 2.45) is 29.6 Å². The molecule has 0 aromatic carbocycles. The van der Waals surface area contributed by atoms with Gasteiger partial charge in [0.1, 0.15) is 5.60 Å². The number of esters is 1. The van der Waals surface area contributed by atoms with E-state index in [2.05, 4.69) is 13.8 Å². The van der Waals surface area contributed by atoms with Crippen LogP contribution in [0.3, 0.4) is 0 Å². The number of hydrogen-bond donors (Lipinski definition) is 0. The summed E-state index contributed by atoms with van der Waals surface area (Å²) in [6, 6.07) is 0. The molecule has 3 fully saturated rings. The van der Waals surface area contributed by atoms with Crippen molar-refractivity contribution in [3.8, 4) is 0 Å². The van der Waals surface area contributed by atoms with E-state index in [1.165, 1.54) is 19.3 Å². The number of carbonyl (C=O) groups excluding carboxylic acids is 1. The Morgan fingerprint density at radius 3 is 2.12 bits per heavy atom. The third kappa shape index (κ3) is 1.63. The number of rotatable bonds is 2. The van der Waals surface area contributed by atoms with Crippen LogP contribution in [0.2, 0.25) is 0 Å². The lowest BCUT2D eigenvalue weighted by atomic mass is 9.82. The second-order valence-electron chi connectivity index (χ2n) is 6.88. The molecule has 3 aliphatic rings. The Morgan fingerprint density at radius 1 is 1.18 bits per heavy atom. The van der Waals surface area contributed by atoms with Crippen LogP contribution >= 0.6 is 0 Å². The lowest BCUT2D eigenvalue weighted by Gasteiger charge is -2.34. The fraction of sp³-hybridized carbons (Fsp3) is 0.933. The minimum atomic E-state index is -0.136. The quantitative estimate of drug-likeness (QED) is 0.687. The fourth-order valence-electron chi connectivity index (χ4n) is 5.01. The number of hydrogen-bond acceptors (Lipinski definition) is 2. The molecule has 2 heteroatoms. The lowest BCUT2D eigenvalue weighted by Crippen LogP contribution is -2.38. The summed E-state index contributed by atoms with van der Waals surface area (Å²) < 4.78 is 5.78. The third-order valence-electron chi connectivity index (χ3n) is 5.84. The zero-order valence-electron chi connectivity index (χ0n) is 11.2. The second-order valence-corrected chi connectivity index (χ2v) is 6.88. The Labute approximate surface area is 104 Å². The molecule has 3 rings (SSSR count). The highest BCUT2D eigenvalue weighted by molar-refractivity contribution is 5.66. The molecular weight excluding hydrogens is 212 g/mol. The highest BCUT2D eigenvalue weighted by atomic mass is 16.6. The Bertz CT molecular complexity index is 316. The summed E-state index contributed by atoms with van der Waals surface area (Å²) in [5.74, 6) is 3.97. The van der Waals surface area contributed by atoms with Crippen molar-refractivity contribution >= 4 is 5.97 Å². The van der Waals surface area contributed by atoms with E-state index in [0.717, 1.165) is 36.5 Å². The molecule has 3 saturated carbocycles. The molecule has 0 spiro atoms. The van der Waals surface area contributed by atoms with Crippen molar-refractivity contribution in [3.05, 3.63) is 0 Å². The first kappa shape index (κ1) is 11.6. The van der Waals surface area contributed by atoms with E-state index in [-0.39, 0.29) is 11.6 Å². The first-order valence-electron chi connectivity index (χ1n) is 7.21. The molecule has 17 heavy (non-hydrogen) atoms. The first-order chi connectivity index (χ1) is 8.02. The SMILES string of the molecule is CC(=O)OC1(C(C)C)CC2C3CCC(C3)C2C1. The highest BCUT2D eigenvalue weighted by Crippen LogP contribution is 2.62. The van der Waals surface area contributed by atoms with E-state index < -0.39 is 0 Å². The Balaban J connectivity index is 1.82. The summed E-state index contributed by atoms with van der Waals surface area (Å²) in [6.07, 6.45) is 6.59. The minimum Gasteiger partial charge on any atom is -0.459 e. The molecule has 0 N–H and O–H groups in total. The zero-order valence-corrected chi connectivity index (χ0v) is 11.2. The predicted octanol–water partition coefficient (Wildman–Crippen LogP) is 3.40. The molecule has 2 nitrogen and oxygen atoms in total. The number of ether oxygens (including phenoxy) is 1. The topological polar surface area (TPSA) is 26.3 Å². The van der Waals surface area contributed by atoms with Gasteiger partial charge < -0.3 is 4.74 Å². The number of fused-ring (bicyclic) bond motifs is 5. The monoisotopic (exact) mass is 236 g/mol. The summed E-state index contributed by atoms with van der Waals surface area (Å²) in [5.41, 5.74) is -0.136. The molecule has 0 saturated heterocycles. The van der Waals surface area contributed by atoms with Gasteiger partial charge >= 0.3 is 5.97 Å². The molecule has 3 aliphatic carbocycles. The van der Waals surface area contributed by atoms with Crippen molar-refractivity contribution in [2.45, 2.75) is 58.5 Å². The standard InChI is InChI=1S/C15H24O2/c1-9(2)15(17-10(3)16)7-13-11-4-5-12(6-11)14(13)8-15/h9,11-14H,4-8H2,1-3H3. The molecule has 96 valence electrons. The Kier molecular flexibility index (Phi) is 2.53. The van der Waals surface area contributed by atoms with E-state index in [0.29, 0.717) is 5.92 Å². The summed E-state index contributed by atoms with van der Waals surface area (Å²) in [4.78, 5) is 11.4. The molecule has 0 aliphatic heterocycles. The molecule has 4 unspecified atom stereocenters. The lowest BCUT2D eigenvalue weighted by molar-refractivity contribution is -0.162. The van der Waals surface area contributed by atoms with Crippen molar-refractivity contribution in [1.29, 1.82) is 0 Å². The van der Waals surface area contributed by atoms with Crippen molar-refractivity contribution in [3.63, 3.8) is 0 Å². The largest absolute Gasteiger partial charge is 0.459 e. The average molecular weight is 236 g/mol. The van der Waals surface area contributed by atoms with Gasteiger partial charge in [-0.2, -0.15) is 0 Å². The first-order valence-corrected chi connectivity index (χ1v) is 7.21. The van der Waals surface area contributed by atoms with Crippen molar-refractivity contribution in [1.82, 2.24) is 0 Å². The third-order valence-corrected chi connectivity index (χ3v) is 5.84. The van der Waals surface area contributed by atoms with Crippen LogP contribution in [0, 0.1) is 29.6 Å². The van der Waals surface area contributed by atoms with Crippen molar-refractivity contribution in [2.75, 3.05) is 0 Å². The van der Waals surface area contributed by atoms with Crippen LogP contribution in [-0.4, -0.2) is 11.6 Å². The highest BCUT2D eigenvalue weighted by Gasteiger charge is 2.58. The van der Waals surface area contributed by atoms with Crippen LogP contribution in [0.4, 0.5) is 0 Å². The van der Waals surface area contributed by atoms with Crippen LogP contribution in [0.25, 0.3) is 0 Å². The van der Waals surface area contributed by atoms with Crippen LogP contribution in [-0.2, 0) is 9.53 Å². The van der Waals surface area contributed by atoms with Gasteiger partial charge in [-0.05, 0) is 61.7 Å². The average Bonchev–Trinajstić information content (AvgIpc) is 2.84. The minimum absolute atomic E-state index is 0.0916. The molecule has 0 aromatic heterocycles. The zero-order chi connectivity index (χ0) is 12.2. The van der Waals surface area contributed by atoms with Gasteiger partial charge in [0.25, 0.3) is 0 Å². The molecule has 0 radical (unpaired) electrons. The van der Waals surface area contributed by atoms with Gasteiger partial charge in [0.05, 0.1) is 0 Å². The smallest absolute Gasteiger partial charge is 0.303 e. The van der Waals surface area contributed by atoms with E-state index in [1.54, 1.807) is 6.92 Å². The van der Waals surface area contributed by atoms with Gasteiger partial charge in [-0.15, -0.1) is 0 Å². The Hall–Kier alpha value is -0.530. The molecule has 2 bridgehead atoms. The maximum absolute atomic E-state index is 11.4. The summed E-state index contributed by atoms with van der Waals surface area (Å²) >= 11 is 0. The summed E-state index contributed by atoms with van der Waals surface area (Å²) in [5, 5.41) is 0. The van der Waals surface area contributed by atoms with E-state index in [9.17, 15) is 4.79 Å². The molecule has 0 amide bonds. The fourth-order valence-corrected chi connectivity index (χ4v) is 5.01.